The Hall–Kier alpha value is -0.750. The van der Waals surface area contributed by atoms with Crippen LogP contribution < -0.4 is 0 Å². The molecule has 1 aromatic carbocycles. The van der Waals surface area contributed by atoms with Crippen molar-refractivity contribution in [1.29, 1.82) is 0 Å². The van der Waals surface area contributed by atoms with E-state index in [4.69, 9.17) is 11.6 Å². The maximum atomic E-state index is 6.33. The highest BCUT2D eigenvalue weighted by Crippen LogP contribution is 2.28. The lowest BCUT2D eigenvalue weighted by atomic mass is 9.97. The lowest BCUT2D eigenvalue weighted by Crippen LogP contribution is -1.88. The fourth-order valence-electron chi connectivity index (χ4n) is 2.29. The Balaban J connectivity index is 2.69. The summed E-state index contributed by atoms with van der Waals surface area (Å²) in [5.41, 5.74) is 2.67. The predicted octanol–water partition coefficient (Wildman–Crippen LogP) is 6.88. The van der Waals surface area contributed by atoms with Gasteiger partial charge in [-0.15, -0.1) is 0 Å². The van der Waals surface area contributed by atoms with Gasteiger partial charge < -0.3 is 0 Å². The van der Waals surface area contributed by atoms with Crippen LogP contribution in [0.1, 0.15) is 70.8 Å². The third-order valence-corrected chi connectivity index (χ3v) is 3.80. The molecule has 0 nitrogen and oxygen atoms in total. The molecule has 106 valence electrons. The molecule has 1 heteroatoms. The fourth-order valence-corrected chi connectivity index (χ4v) is 2.55. The Kier molecular flexibility index (Phi) is 8.66. The average molecular weight is 279 g/mol. The maximum Gasteiger partial charge on any atom is 0.0481 e. The van der Waals surface area contributed by atoms with Gasteiger partial charge in [-0.3, -0.25) is 0 Å². The number of benzene rings is 1. The molecule has 19 heavy (non-hydrogen) atoms. The van der Waals surface area contributed by atoms with E-state index in [2.05, 4.69) is 32.1 Å². The Bertz CT molecular complexity index is 379. The van der Waals surface area contributed by atoms with E-state index < -0.39 is 0 Å². The summed E-state index contributed by atoms with van der Waals surface area (Å²) in [5, 5.41) is 0.890. The van der Waals surface area contributed by atoms with Crippen LogP contribution in [0.5, 0.6) is 0 Å². The van der Waals surface area contributed by atoms with Crippen LogP contribution in [0.15, 0.2) is 30.3 Å². The summed E-state index contributed by atoms with van der Waals surface area (Å²) in [5.74, 6) is 0. The molecule has 0 N–H and O–H groups in total. The normalized spacial score (nSPS) is 11.8. The highest BCUT2D eigenvalue weighted by atomic mass is 35.5. The van der Waals surface area contributed by atoms with Crippen LogP contribution in [-0.4, -0.2) is 0 Å². The fraction of sp³-hybridized carbons (Fsp3) is 0.556. The second-order valence-electron chi connectivity index (χ2n) is 5.16. The van der Waals surface area contributed by atoms with Gasteiger partial charge in [-0.1, -0.05) is 81.8 Å². The minimum Gasteiger partial charge on any atom is -0.0837 e. The Morgan fingerprint density at radius 1 is 1.00 bits per heavy atom. The molecular weight excluding hydrogens is 252 g/mol. The zero-order valence-corrected chi connectivity index (χ0v) is 13.2. The molecule has 0 aliphatic rings. The largest absolute Gasteiger partial charge is 0.0837 e. The Morgan fingerprint density at radius 2 is 1.74 bits per heavy atom. The van der Waals surface area contributed by atoms with Gasteiger partial charge in [-0.25, -0.2) is 0 Å². The van der Waals surface area contributed by atoms with Crippen LogP contribution in [0.3, 0.4) is 0 Å². The molecule has 0 fully saturated rings. The number of unbranched alkanes of at least 4 members (excludes halogenated alkanes) is 5. The smallest absolute Gasteiger partial charge is 0.0481 e. The first-order chi connectivity index (χ1) is 9.29. The molecule has 0 aliphatic carbocycles. The molecule has 0 bridgehead atoms. The molecule has 0 saturated carbocycles. The quantitative estimate of drug-likeness (QED) is 0.432. The van der Waals surface area contributed by atoms with Gasteiger partial charge in [0.2, 0.25) is 0 Å². The first-order valence-corrected chi connectivity index (χ1v) is 8.11. The molecule has 0 aliphatic heterocycles. The number of allylic oxidation sites excluding steroid dienone is 2. The van der Waals surface area contributed by atoms with Crippen molar-refractivity contribution in [3.63, 3.8) is 0 Å². The van der Waals surface area contributed by atoms with Gasteiger partial charge in [-0.2, -0.15) is 0 Å². The van der Waals surface area contributed by atoms with E-state index in [0.29, 0.717) is 0 Å². The van der Waals surface area contributed by atoms with Crippen molar-refractivity contribution >= 4 is 17.2 Å². The third kappa shape index (κ3) is 6.29. The van der Waals surface area contributed by atoms with Crippen molar-refractivity contribution in [2.75, 3.05) is 0 Å². The molecule has 1 rings (SSSR count). The average Bonchev–Trinajstić information content (AvgIpc) is 2.42. The molecule has 0 unspecified atom stereocenters. The molecular formula is C18H27Cl. The van der Waals surface area contributed by atoms with Crippen molar-refractivity contribution in [2.45, 2.75) is 65.2 Å². The van der Waals surface area contributed by atoms with Gasteiger partial charge in [0.1, 0.15) is 0 Å². The van der Waals surface area contributed by atoms with Crippen LogP contribution in [0.25, 0.3) is 5.57 Å². The van der Waals surface area contributed by atoms with E-state index >= 15 is 0 Å². The first kappa shape index (κ1) is 16.3. The maximum absolute atomic E-state index is 6.33. The van der Waals surface area contributed by atoms with Crippen molar-refractivity contribution in [1.82, 2.24) is 0 Å². The minimum atomic E-state index is 0.890. The molecule has 0 radical (unpaired) electrons. The van der Waals surface area contributed by atoms with Crippen molar-refractivity contribution in [3.8, 4) is 0 Å². The molecule has 0 aromatic heterocycles. The standard InChI is InChI=1S/C18H27Cl/c1-3-5-7-9-13-16(12-8-6-4-2)17-14-10-11-15-18(17)19/h10-12,14-15H,3-9,13H2,1-2H3/b16-12-. The molecule has 0 saturated heterocycles. The summed E-state index contributed by atoms with van der Waals surface area (Å²) in [6.45, 7) is 4.50. The van der Waals surface area contributed by atoms with E-state index in [9.17, 15) is 0 Å². The minimum absolute atomic E-state index is 0.890. The summed E-state index contributed by atoms with van der Waals surface area (Å²) in [6.07, 6.45) is 12.5. The van der Waals surface area contributed by atoms with Crippen LogP contribution in [0.4, 0.5) is 0 Å². The molecule has 0 amide bonds. The summed E-state index contributed by atoms with van der Waals surface area (Å²) < 4.78 is 0. The van der Waals surface area contributed by atoms with E-state index in [1.807, 2.05) is 12.1 Å². The number of hydrogen-bond donors (Lipinski definition) is 0. The first-order valence-electron chi connectivity index (χ1n) is 7.73. The van der Waals surface area contributed by atoms with E-state index in [-0.39, 0.29) is 0 Å². The van der Waals surface area contributed by atoms with E-state index in [1.54, 1.807) is 0 Å². The third-order valence-electron chi connectivity index (χ3n) is 3.47. The number of hydrogen-bond acceptors (Lipinski definition) is 0. The summed E-state index contributed by atoms with van der Waals surface area (Å²) in [7, 11) is 0. The monoisotopic (exact) mass is 278 g/mol. The second-order valence-corrected chi connectivity index (χ2v) is 5.57. The van der Waals surface area contributed by atoms with Gasteiger partial charge in [0.05, 0.1) is 0 Å². The van der Waals surface area contributed by atoms with Gasteiger partial charge in [0.25, 0.3) is 0 Å². The van der Waals surface area contributed by atoms with Crippen LogP contribution in [0.2, 0.25) is 5.02 Å². The van der Waals surface area contributed by atoms with E-state index in [0.717, 1.165) is 11.4 Å². The van der Waals surface area contributed by atoms with Gasteiger partial charge in [0.15, 0.2) is 0 Å². The van der Waals surface area contributed by atoms with E-state index in [1.165, 1.54) is 56.1 Å². The molecule has 0 atom stereocenters. The highest BCUT2D eigenvalue weighted by Gasteiger charge is 2.05. The predicted molar refractivity (Wildman–Crippen MR) is 87.7 cm³/mol. The zero-order valence-electron chi connectivity index (χ0n) is 12.4. The Morgan fingerprint density at radius 3 is 2.42 bits per heavy atom. The Labute approximate surface area is 123 Å². The lowest BCUT2D eigenvalue weighted by Gasteiger charge is -2.10. The van der Waals surface area contributed by atoms with Gasteiger partial charge in [0, 0.05) is 5.02 Å². The number of rotatable bonds is 9. The lowest BCUT2D eigenvalue weighted by molar-refractivity contribution is 0.677. The summed E-state index contributed by atoms with van der Waals surface area (Å²) in [6, 6.07) is 8.24. The van der Waals surface area contributed by atoms with Crippen LogP contribution in [-0.2, 0) is 0 Å². The van der Waals surface area contributed by atoms with Gasteiger partial charge in [-0.05, 0) is 36.5 Å². The molecule has 1 aromatic rings. The highest BCUT2D eigenvalue weighted by molar-refractivity contribution is 6.32. The topological polar surface area (TPSA) is 0 Å². The van der Waals surface area contributed by atoms with Crippen molar-refractivity contribution in [2.24, 2.45) is 0 Å². The second kappa shape index (κ2) is 10.1. The molecule has 0 heterocycles. The SMILES string of the molecule is CCCC/C=C(/CCCCCC)c1ccccc1Cl. The van der Waals surface area contributed by atoms with Crippen molar-refractivity contribution < 1.29 is 0 Å². The molecule has 0 spiro atoms. The summed E-state index contributed by atoms with van der Waals surface area (Å²) >= 11 is 6.33. The van der Waals surface area contributed by atoms with Crippen molar-refractivity contribution in [3.05, 3.63) is 40.9 Å². The number of halogens is 1. The van der Waals surface area contributed by atoms with Crippen LogP contribution >= 0.6 is 11.6 Å². The van der Waals surface area contributed by atoms with Gasteiger partial charge >= 0.3 is 0 Å². The van der Waals surface area contributed by atoms with Crippen LogP contribution in [0, 0.1) is 0 Å². The zero-order chi connectivity index (χ0) is 13.9. The summed E-state index contributed by atoms with van der Waals surface area (Å²) in [4.78, 5) is 0.